The Bertz CT molecular complexity index is 865. The SMILES string of the molecule is Cc1ccc(S(=O)(=O)N(CC=C2CC2)[C@H](C=O)c2ccccc2)cc1. The maximum atomic E-state index is 13.2. The van der Waals surface area contributed by atoms with Crippen molar-refractivity contribution in [3.05, 3.63) is 77.4 Å². The van der Waals surface area contributed by atoms with Crippen LogP contribution in [0.5, 0.6) is 0 Å². The highest BCUT2D eigenvalue weighted by molar-refractivity contribution is 7.89. The van der Waals surface area contributed by atoms with Gasteiger partial charge in [0.05, 0.1) is 4.90 Å². The highest BCUT2D eigenvalue weighted by Gasteiger charge is 2.32. The van der Waals surface area contributed by atoms with Gasteiger partial charge in [-0.1, -0.05) is 59.7 Å². The van der Waals surface area contributed by atoms with Crippen LogP contribution in [0.25, 0.3) is 0 Å². The maximum Gasteiger partial charge on any atom is 0.244 e. The van der Waals surface area contributed by atoms with E-state index in [2.05, 4.69) is 0 Å². The summed E-state index contributed by atoms with van der Waals surface area (Å²) in [7, 11) is -3.79. The molecule has 0 saturated heterocycles. The van der Waals surface area contributed by atoms with Gasteiger partial charge in [0.15, 0.2) is 0 Å². The lowest BCUT2D eigenvalue weighted by molar-refractivity contribution is -0.111. The van der Waals surface area contributed by atoms with Crippen molar-refractivity contribution in [2.75, 3.05) is 6.54 Å². The van der Waals surface area contributed by atoms with Crippen molar-refractivity contribution in [1.29, 1.82) is 0 Å². The summed E-state index contributed by atoms with van der Waals surface area (Å²) in [6.45, 7) is 2.10. The fourth-order valence-corrected chi connectivity index (χ4v) is 4.16. The lowest BCUT2D eigenvalue weighted by Crippen LogP contribution is -2.36. The lowest BCUT2D eigenvalue weighted by atomic mass is 10.1. The van der Waals surface area contributed by atoms with Gasteiger partial charge in [0.25, 0.3) is 0 Å². The summed E-state index contributed by atoms with van der Waals surface area (Å²) < 4.78 is 27.7. The number of benzene rings is 2. The van der Waals surface area contributed by atoms with Gasteiger partial charge < -0.3 is 4.79 Å². The molecule has 0 bridgehead atoms. The summed E-state index contributed by atoms with van der Waals surface area (Å²) in [5.41, 5.74) is 2.89. The quantitative estimate of drug-likeness (QED) is 0.563. The third-order valence-electron chi connectivity index (χ3n) is 4.31. The number of carbonyl (C=O) groups excluding carboxylic acids is 1. The van der Waals surface area contributed by atoms with Gasteiger partial charge in [-0.05, 0) is 37.5 Å². The van der Waals surface area contributed by atoms with Crippen LogP contribution < -0.4 is 0 Å². The van der Waals surface area contributed by atoms with Crippen molar-refractivity contribution in [2.24, 2.45) is 0 Å². The first kappa shape index (κ1) is 17.6. The summed E-state index contributed by atoms with van der Waals surface area (Å²) in [4.78, 5) is 12.0. The maximum absolute atomic E-state index is 13.2. The highest BCUT2D eigenvalue weighted by atomic mass is 32.2. The predicted octanol–water partition coefficient (Wildman–Crippen LogP) is 3.65. The van der Waals surface area contributed by atoms with Gasteiger partial charge >= 0.3 is 0 Å². The first-order valence-electron chi connectivity index (χ1n) is 8.29. The smallest absolute Gasteiger partial charge is 0.244 e. The van der Waals surface area contributed by atoms with Gasteiger partial charge in [0.1, 0.15) is 12.3 Å². The number of nitrogens with zero attached hydrogens (tertiary/aromatic N) is 1. The van der Waals surface area contributed by atoms with Crippen LogP contribution >= 0.6 is 0 Å². The molecular weight excluding hydrogens is 334 g/mol. The average molecular weight is 355 g/mol. The molecule has 0 amide bonds. The minimum atomic E-state index is -3.79. The van der Waals surface area contributed by atoms with E-state index in [1.165, 1.54) is 9.88 Å². The Morgan fingerprint density at radius 1 is 1.04 bits per heavy atom. The number of aldehydes is 1. The van der Waals surface area contributed by atoms with Crippen LogP contribution in [0.1, 0.15) is 30.0 Å². The van der Waals surface area contributed by atoms with Gasteiger partial charge in [0.2, 0.25) is 10.0 Å². The third-order valence-corrected chi connectivity index (χ3v) is 6.17. The van der Waals surface area contributed by atoms with Crippen molar-refractivity contribution in [3.8, 4) is 0 Å². The molecule has 1 fully saturated rings. The fourth-order valence-electron chi connectivity index (χ4n) is 2.67. The molecule has 0 aromatic heterocycles. The van der Waals surface area contributed by atoms with Crippen molar-refractivity contribution in [3.63, 3.8) is 0 Å². The van der Waals surface area contributed by atoms with Crippen molar-refractivity contribution >= 4 is 16.3 Å². The molecule has 0 unspecified atom stereocenters. The Kier molecular flexibility index (Phi) is 5.16. The number of hydrogen-bond donors (Lipinski definition) is 0. The molecule has 1 saturated carbocycles. The first-order valence-corrected chi connectivity index (χ1v) is 9.73. The topological polar surface area (TPSA) is 54.5 Å². The molecule has 0 spiro atoms. The minimum Gasteiger partial charge on any atom is -0.301 e. The summed E-state index contributed by atoms with van der Waals surface area (Å²) in [6, 6.07) is 14.9. The molecule has 1 atom stereocenters. The Morgan fingerprint density at radius 3 is 2.24 bits per heavy atom. The lowest BCUT2D eigenvalue weighted by Gasteiger charge is -2.26. The highest BCUT2D eigenvalue weighted by Crippen LogP contribution is 2.30. The number of sulfonamides is 1. The molecule has 2 aromatic carbocycles. The molecule has 0 aliphatic heterocycles. The van der Waals surface area contributed by atoms with E-state index < -0.39 is 16.1 Å². The summed E-state index contributed by atoms with van der Waals surface area (Å²) in [5.74, 6) is 0. The number of rotatable bonds is 7. The molecule has 1 aliphatic rings. The van der Waals surface area contributed by atoms with Crippen LogP contribution in [-0.2, 0) is 14.8 Å². The minimum absolute atomic E-state index is 0.198. The molecule has 5 heteroatoms. The zero-order valence-electron chi connectivity index (χ0n) is 14.1. The second kappa shape index (κ2) is 7.33. The Labute approximate surface area is 148 Å². The van der Waals surface area contributed by atoms with E-state index in [9.17, 15) is 13.2 Å². The number of allylic oxidation sites excluding steroid dienone is 1. The summed E-state index contributed by atoms with van der Waals surface area (Å²) in [6.07, 6.45) is 4.64. The molecule has 130 valence electrons. The Hall–Kier alpha value is -2.24. The third kappa shape index (κ3) is 4.06. The predicted molar refractivity (Wildman–Crippen MR) is 97.6 cm³/mol. The van der Waals surface area contributed by atoms with Crippen LogP contribution in [0.4, 0.5) is 0 Å². The summed E-state index contributed by atoms with van der Waals surface area (Å²) >= 11 is 0. The van der Waals surface area contributed by atoms with E-state index in [-0.39, 0.29) is 11.4 Å². The van der Waals surface area contributed by atoms with Crippen molar-refractivity contribution in [2.45, 2.75) is 30.7 Å². The van der Waals surface area contributed by atoms with E-state index in [0.29, 0.717) is 11.8 Å². The van der Waals surface area contributed by atoms with E-state index in [1.54, 1.807) is 36.4 Å². The van der Waals surface area contributed by atoms with Crippen LogP contribution in [0, 0.1) is 6.92 Å². The van der Waals surface area contributed by atoms with Gasteiger partial charge in [-0.3, -0.25) is 0 Å². The molecule has 1 aliphatic carbocycles. The second-order valence-corrected chi connectivity index (χ2v) is 8.13. The van der Waals surface area contributed by atoms with Crippen molar-refractivity contribution < 1.29 is 13.2 Å². The molecule has 25 heavy (non-hydrogen) atoms. The first-order chi connectivity index (χ1) is 12.0. The van der Waals surface area contributed by atoms with Gasteiger partial charge in [0, 0.05) is 6.54 Å². The zero-order chi connectivity index (χ0) is 17.9. The summed E-state index contributed by atoms with van der Waals surface area (Å²) in [5, 5.41) is 0. The molecule has 0 heterocycles. The molecule has 3 rings (SSSR count). The normalized spacial score (nSPS) is 15.0. The molecule has 2 aromatic rings. The van der Waals surface area contributed by atoms with Crippen LogP contribution in [0.2, 0.25) is 0 Å². The molecule has 4 nitrogen and oxygen atoms in total. The van der Waals surface area contributed by atoms with Crippen LogP contribution in [-0.4, -0.2) is 25.6 Å². The van der Waals surface area contributed by atoms with Crippen LogP contribution in [0.15, 0.2) is 71.1 Å². The number of carbonyl (C=O) groups is 1. The zero-order valence-corrected chi connectivity index (χ0v) is 14.9. The van der Waals surface area contributed by atoms with Gasteiger partial charge in [-0.25, -0.2) is 8.42 Å². The van der Waals surface area contributed by atoms with Gasteiger partial charge in [-0.2, -0.15) is 4.31 Å². The molecular formula is C20H21NO3S. The van der Waals surface area contributed by atoms with E-state index in [1.807, 2.05) is 31.2 Å². The molecule has 0 radical (unpaired) electrons. The Morgan fingerprint density at radius 2 is 1.68 bits per heavy atom. The number of aryl methyl sites for hydroxylation is 1. The standard InChI is InChI=1S/C20H21NO3S/c1-16-7-11-19(12-8-16)25(23,24)21(14-13-17-9-10-17)20(15-22)18-5-3-2-4-6-18/h2-8,11-13,15,20H,9-10,14H2,1H3/t20-/m1/s1. The molecule has 0 N–H and O–H groups in total. The van der Waals surface area contributed by atoms with Crippen molar-refractivity contribution in [1.82, 2.24) is 4.31 Å². The second-order valence-electron chi connectivity index (χ2n) is 6.24. The monoisotopic (exact) mass is 355 g/mol. The van der Waals surface area contributed by atoms with E-state index >= 15 is 0 Å². The van der Waals surface area contributed by atoms with Crippen LogP contribution in [0.3, 0.4) is 0 Å². The Balaban J connectivity index is 2.02. The van der Waals surface area contributed by atoms with E-state index in [4.69, 9.17) is 0 Å². The van der Waals surface area contributed by atoms with E-state index in [0.717, 1.165) is 18.4 Å². The van der Waals surface area contributed by atoms with Gasteiger partial charge in [-0.15, -0.1) is 0 Å². The largest absolute Gasteiger partial charge is 0.301 e. The average Bonchev–Trinajstić information content (AvgIpc) is 3.44. The fraction of sp³-hybridized carbons (Fsp3) is 0.250. The number of hydrogen-bond acceptors (Lipinski definition) is 3.